The summed E-state index contributed by atoms with van der Waals surface area (Å²) < 4.78 is 5.27. The predicted octanol–water partition coefficient (Wildman–Crippen LogP) is 2.54. The molecule has 2 N–H and O–H groups in total. The van der Waals surface area contributed by atoms with E-state index < -0.39 is 29.1 Å². The molecular weight excluding hydrogens is 246 g/mol. The number of nitrogens with one attached hydrogen (secondary N) is 1. The van der Waals surface area contributed by atoms with Crippen molar-refractivity contribution in [3.63, 3.8) is 0 Å². The lowest BCUT2D eigenvalue weighted by molar-refractivity contribution is -0.149. The van der Waals surface area contributed by atoms with E-state index in [-0.39, 0.29) is 0 Å². The summed E-state index contributed by atoms with van der Waals surface area (Å²) in [5.41, 5.74) is -1.17. The maximum atomic E-state index is 12.0. The molecule has 3 fully saturated rings. The molecule has 5 nitrogen and oxygen atoms in total. The van der Waals surface area contributed by atoms with Gasteiger partial charge in [-0.3, -0.25) is 4.79 Å². The number of carbonyl (C=O) groups is 2. The fraction of sp³-hybridized carbons (Fsp3) is 0.857. The minimum Gasteiger partial charge on any atom is -0.481 e. The highest BCUT2D eigenvalue weighted by Crippen LogP contribution is 2.48. The van der Waals surface area contributed by atoms with Gasteiger partial charge in [0.15, 0.2) is 0 Å². The Bertz CT molecular complexity index is 377. The second-order valence-corrected chi connectivity index (χ2v) is 6.85. The van der Waals surface area contributed by atoms with Gasteiger partial charge in [0.2, 0.25) is 0 Å². The first-order valence-electron chi connectivity index (χ1n) is 6.96. The summed E-state index contributed by atoms with van der Waals surface area (Å²) in [6.45, 7) is 5.41. The van der Waals surface area contributed by atoms with Crippen molar-refractivity contribution in [2.75, 3.05) is 0 Å². The van der Waals surface area contributed by atoms with Crippen molar-refractivity contribution in [1.82, 2.24) is 5.32 Å². The van der Waals surface area contributed by atoms with Crippen LogP contribution in [-0.4, -0.2) is 28.3 Å². The quantitative estimate of drug-likeness (QED) is 0.807. The number of alkyl carbamates (subject to hydrolysis) is 1. The number of hydrogen-bond acceptors (Lipinski definition) is 3. The van der Waals surface area contributed by atoms with E-state index in [2.05, 4.69) is 5.32 Å². The van der Waals surface area contributed by atoms with E-state index in [0.717, 1.165) is 25.7 Å². The topological polar surface area (TPSA) is 75.6 Å². The Morgan fingerprint density at radius 2 is 1.84 bits per heavy atom. The Kier molecular flexibility index (Phi) is 3.49. The first kappa shape index (κ1) is 14.2. The van der Waals surface area contributed by atoms with Crippen molar-refractivity contribution in [3.05, 3.63) is 0 Å². The van der Waals surface area contributed by atoms with Gasteiger partial charge < -0.3 is 15.2 Å². The van der Waals surface area contributed by atoms with E-state index in [1.807, 2.05) is 0 Å². The Morgan fingerprint density at radius 3 is 2.32 bits per heavy atom. The zero-order valence-corrected chi connectivity index (χ0v) is 11.9. The van der Waals surface area contributed by atoms with Crippen LogP contribution in [-0.2, 0) is 9.53 Å². The minimum atomic E-state index is -0.805. The van der Waals surface area contributed by atoms with Crippen molar-refractivity contribution < 1.29 is 19.4 Å². The number of fused-ring (bicyclic) bond motifs is 3. The van der Waals surface area contributed by atoms with Crippen LogP contribution in [0, 0.1) is 11.8 Å². The van der Waals surface area contributed by atoms with Crippen LogP contribution in [0.15, 0.2) is 0 Å². The van der Waals surface area contributed by atoms with Gasteiger partial charge in [0.05, 0.1) is 11.5 Å². The normalized spacial score (nSPS) is 33.8. The molecule has 2 bridgehead atoms. The SMILES string of the molecule is CC(C)(C)OC(=O)NC12CCC(CC1)CC2C(=O)O. The Balaban J connectivity index is 2.10. The average Bonchev–Trinajstić information content (AvgIpc) is 2.26. The summed E-state index contributed by atoms with van der Waals surface area (Å²) in [6, 6.07) is 0. The molecule has 0 aromatic heterocycles. The lowest BCUT2D eigenvalue weighted by atomic mass is 9.60. The van der Waals surface area contributed by atoms with Crippen LogP contribution in [0.3, 0.4) is 0 Å². The summed E-state index contributed by atoms with van der Waals surface area (Å²) in [6.07, 6.45) is 3.66. The largest absolute Gasteiger partial charge is 0.481 e. The van der Waals surface area contributed by atoms with Crippen LogP contribution in [0.4, 0.5) is 4.79 Å². The van der Waals surface area contributed by atoms with Crippen molar-refractivity contribution in [2.24, 2.45) is 11.8 Å². The maximum absolute atomic E-state index is 12.0. The molecule has 1 amide bonds. The van der Waals surface area contributed by atoms with E-state index in [1.165, 1.54) is 0 Å². The highest BCUT2D eigenvalue weighted by Gasteiger charge is 2.52. The molecule has 108 valence electrons. The average molecular weight is 269 g/mol. The molecule has 3 aliphatic rings. The van der Waals surface area contributed by atoms with Gasteiger partial charge in [-0.05, 0) is 58.8 Å². The highest BCUT2D eigenvalue weighted by molar-refractivity contribution is 5.75. The Hall–Kier alpha value is -1.26. The molecule has 0 radical (unpaired) electrons. The van der Waals surface area contributed by atoms with Gasteiger partial charge in [0.1, 0.15) is 5.60 Å². The third-order valence-corrected chi connectivity index (χ3v) is 4.28. The second kappa shape index (κ2) is 4.69. The van der Waals surface area contributed by atoms with Crippen LogP contribution >= 0.6 is 0 Å². The number of rotatable bonds is 2. The summed E-state index contributed by atoms with van der Waals surface area (Å²) in [5.74, 6) is -0.781. The van der Waals surface area contributed by atoms with Gasteiger partial charge in [0, 0.05) is 0 Å². The standard InChI is InChI=1S/C14H23NO4/c1-13(2,3)19-12(18)15-14-6-4-9(5-7-14)8-10(14)11(16)17/h9-10H,4-8H2,1-3H3,(H,15,18)(H,16,17). The Morgan fingerprint density at radius 1 is 1.26 bits per heavy atom. The molecule has 0 aromatic rings. The van der Waals surface area contributed by atoms with E-state index in [1.54, 1.807) is 20.8 Å². The molecule has 0 aromatic carbocycles. The van der Waals surface area contributed by atoms with Gasteiger partial charge >= 0.3 is 12.1 Å². The minimum absolute atomic E-state index is 0.479. The predicted molar refractivity (Wildman–Crippen MR) is 69.8 cm³/mol. The fourth-order valence-electron chi connectivity index (χ4n) is 3.39. The van der Waals surface area contributed by atoms with E-state index in [9.17, 15) is 14.7 Å². The molecule has 5 heteroatoms. The zero-order chi connectivity index (χ0) is 14.3. The molecule has 1 unspecified atom stereocenters. The van der Waals surface area contributed by atoms with Gasteiger partial charge in [-0.1, -0.05) is 0 Å². The number of hydrogen-bond donors (Lipinski definition) is 2. The molecule has 3 aliphatic carbocycles. The summed E-state index contributed by atoms with van der Waals surface area (Å²) in [5, 5.41) is 12.2. The first-order valence-corrected chi connectivity index (χ1v) is 6.96. The number of carboxylic acids is 1. The zero-order valence-electron chi connectivity index (χ0n) is 11.9. The lowest BCUT2D eigenvalue weighted by Gasteiger charge is -2.50. The third-order valence-electron chi connectivity index (χ3n) is 4.28. The number of aliphatic carboxylic acids is 1. The van der Waals surface area contributed by atoms with Crippen molar-refractivity contribution in [2.45, 2.75) is 64.0 Å². The molecule has 0 spiro atoms. The summed E-state index contributed by atoms with van der Waals surface area (Å²) >= 11 is 0. The maximum Gasteiger partial charge on any atom is 0.408 e. The van der Waals surface area contributed by atoms with Crippen LogP contribution in [0.5, 0.6) is 0 Å². The molecule has 1 atom stereocenters. The smallest absolute Gasteiger partial charge is 0.408 e. The molecule has 0 heterocycles. The molecule has 3 rings (SSSR count). The van der Waals surface area contributed by atoms with Crippen LogP contribution in [0.2, 0.25) is 0 Å². The van der Waals surface area contributed by atoms with Crippen molar-refractivity contribution >= 4 is 12.1 Å². The van der Waals surface area contributed by atoms with E-state index in [0.29, 0.717) is 12.3 Å². The van der Waals surface area contributed by atoms with Crippen LogP contribution < -0.4 is 5.32 Å². The van der Waals surface area contributed by atoms with Crippen molar-refractivity contribution in [1.29, 1.82) is 0 Å². The van der Waals surface area contributed by atoms with Gasteiger partial charge in [-0.15, -0.1) is 0 Å². The summed E-state index contributed by atoms with van der Waals surface area (Å²) in [7, 11) is 0. The molecule has 19 heavy (non-hydrogen) atoms. The molecule has 0 saturated heterocycles. The van der Waals surface area contributed by atoms with Gasteiger partial charge in [0.25, 0.3) is 0 Å². The molecule has 3 saturated carbocycles. The van der Waals surface area contributed by atoms with Crippen LogP contribution in [0.25, 0.3) is 0 Å². The monoisotopic (exact) mass is 269 g/mol. The van der Waals surface area contributed by atoms with E-state index in [4.69, 9.17) is 4.74 Å². The van der Waals surface area contributed by atoms with Crippen molar-refractivity contribution in [3.8, 4) is 0 Å². The van der Waals surface area contributed by atoms with E-state index >= 15 is 0 Å². The third kappa shape index (κ3) is 3.01. The second-order valence-electron chi connectivity index (χ2n) is 6.85. The van der Waals surface area contributed by atoms with Gasteiger partial charge in [-0.2, -0.15) is 0 Å². The fourth-order valence-corrected chi connectivity index (χ4v) is 3.39. The van der Waals surface area contributed by atoms with Crippen LogP contribution in [0.1, 0.15) is 52.9 Å². The lowest BCUT2D eigenvalue weighted by Crippen LogP contribution is -2.61. The first-order chi connectivity index (χ1) is 8.72. The number of carboxylic acid groups (broad SMARTS) is 1. The number of ether oxygens (including phenoxy) is 1. The highest BCUT2D eigenvalue weighted by atomic mass is 16.6. The van der Waals surface area contributed by atoms with Gasteiger partial charge in [-0.25, -0.2) is 4.79 Å². The molecule has 0 aliphatic heterocycles. The number of amides is 1. The Labute approximate surface area is 113 Å². The molecular formula is C14H23NO4. The summed E-state index contributed by atoms with van der Waals surface area (Å²) in [4.78, 5) is 23.4. The number of carbonyl (C=O) groups excluding carboxylic acids is 1.